The molecular weight excluding hydrogens is 362 g/mol. The minimum Gasteiger partial charge on any atom is -0.497 e. The van der Waals surface area contributed by atoms with E-state index in [9.17, 15) is 9.59 Å². The predicted molar refractivity (Wildman–Crippen MR) is 105 cm³/mol. The number of urea groups is 1. The van der Waals surface area contributed by atoms with Crippen molar-refractivity contribution in [3.63, 3.8) is 0 Å². The molecule has 28 heavy (non-hydrogen) atoms. The first-order valence-electron chi connectivity index (χ1n) is 9.01. The molecule has 1 aromatic carbocycles. The summed E-state index contributed by atoms with van der Waals surface area (Å²) in [6.45, 7) is 6.35. The highest BCUT2D eigenvalue weighted by atomic mass is 16.6. The molecule has 3 amide bonds. The number of benzene rings is 1. The monoisotopic (exact) mass is 387 g/mol. The molecule has 9 heteroatoms. The average Bonchev–Trinajstić information content (AvgIpc) is 3.02. The highest BCUT2D eigenvalue weighted by molar-refractivity contribution is 5.99. The molecule has 0 unspecified atom stereocenters. The third kappa shape index (κ3) is 4.73. The van der Waals surface area contributed by atoms with Gasteiger partial charge in [0.25, 0.3) is 0 Å². The maximum atomic E-state index is 12.3. The standard InChI is InChI=1S/C19H25N5O4/c1-19(2,3)28-18(26)24-9-8-14-15(11-24)22-23-16(14)21-17(25)20-12-6-5-7-13(10-12)27-4/h5-7,10H,8-9,11H2,1-4H3,(H3,20,21,22,23,25). The van der Waals surface area contributed by atoms with E-state index in [4.69, 9.17) is 9.47 Å². The van der Waals surface area contributed by atoms with Gasteiger partial charge in [-0.1, -0.05) is 6.07 Å². The van der Waals surface area contributed by atoms with Crippen LogP contribution >= 0.6 is 0 Å². The second-order valence-electron chi connectivity index (χ2n) is 7.49. The fourth-order valence-corrected chi connectivity index (χ4v) is 2.87. The lowest BCUT2D eigenvalue weighted by Gasteiger charge is -2.29. The van der Waals surface area contributed by atoms with E-state index in [-0.39, 0.29) is 6.09 Å². The Kier molecular flexibility index (Phi) is 5.43. The van der Waals surface area contributed by atoms with Crippen LogP contribution in [0.1, 0.15) is 32.0 Å². The summed E-state index contributed by atoms with van der Waals surface area (Å²) in [5, 5.41) is 12.6. The first-order chi connectivity index (χ1) is 13.2. The van der Waals surface area contributed by atoms with Crippen molar-refractivity contribution in [3.05, 3.63) is 35.5 Å². The van der Waals surface area contributed by atoms with Gasteiger partial charge in [0.05, 0.1) is 19.3 Å². The number of hydrogen-bond donors (Lipinski definition) is 3. The van der Waals surface area contributed by atoms with Gasteiger partial charge in [0.15, 0.2) is 5.82 Å². The summed E-state index contributed by atoms with van der Waals surface area (Å²) < 4.78 is 10.6. The van der Waals surface area contributed by atoms with Crippen molar-refractivity contribution in [1.29, 1.82) is 0 Å². The Morgan fingerprint density at radius 3 is 2.75 bits per heavy atom. The molecule has 9 nitrogen and oxygen atoms in total. The molecule has 0 fully saturated rings. The largest absolute Gasteiger partial charge is 0.497 e. The summed E-state index contributed by atoms with van der Waals surface area (Å²) in [4.78, 5) is 26.2. The summed E-state index contributed by atoms with van der Waals surface area (Å²) in [7, 11) is 1.57. The molecule has 1 aliphatic heterocycles. The van der Waals surface area contributed by atoms with Gasteiger partial charge in [-0.25, -0.2) is 9.59 Å². The lowest BCUT2D eigenvalue weighted by Crippen LogP contribution is -2.40. The molecule has 3 rings (SSSR count). The topological polar surface area (TPSA) is 109 Å². The van der Waals surface area contributed by atoms with Gasteiger partial charge in [-0.05, 0) is 39.3 Å². The lowest BCUT2D eigenvalue weighted by atomic mass is 10.1. The Labute approximate surface area is 163 Å². The number of rotatable bonds is 3. The Hall–Kier alpha value is -3.23. The molecule has 0 aliphatic carbocycles. The third-order valence-electron chi connectivity index (χ3n) is 4.14. The number of methoxy groups -OCH3 is 1. The number of aromatic amines is 1. The number of nitrogens with zero attached hydrogens (tertiary/aromatic N) is 2. The van der Waals surface area contributed by atoms with E-state index in [1.807, 2.05) is 20.8 Å². The van der Waals surface area contributed by atoms with Gasteiger partial charge in [-0.3, -0.25) is 10.4 Å². The van der Waals surface area contributed by atoms with Gasteiger partial charge >= 0.3 is 12.1 Å². The first kappa shape index (κ1) is 19.5. The normalized spacial score (nSPS) is 13.5. The van der Waals surface area contributed by atoms with E-state index >= 15 is 0 Å². The van der Waals surface area contributed by atoms with Crippen LogP contribution in [0.5, 0.6) is 5.75 Å². The molecule has 2 heterocycles. The van der Waals surface area contributed by atoms with Gasteiger partial charge in [0, 0.05) is 23.9 Å². The molecule has 2 aromatic rings. The molecule has 0 bridgehead atoms. The van der Waals surface area contributed by atoms with Crippen LogP contribution in [0.3, 0.4) is 0 Å². The zero-order valence-electron chi connectivity index (χ0n) is 16.5. The van der Waals surface area contributed by atoms with Crippen LogP contribution in [-0.2, 0) is 17.7 Å². The molecule has 0 spiro atoms. The zero-order chi connectivity index (χ0) is 20.3. The predicted octanol–water partition coefficient (Wildman–Crippen LogP) is 3.36. The molecule has 3 N–H and O–H groups in total. The van der Waals surface area contributed by atoms with Crippen LogP contribution in [0.4, 0.5) is 21.1 Å². The maximum Gasteiger partial charge on any atom is 0.410 e. The molecule has 1 aromatic heterocycles. The number of carbonyl (C=O) groups excluding carboxylic acids is 2. The summed E-state index contributed by atoms with van der Waals surface area (Å²) in [6.07, 6.45) is 0.206. The van der Waals surface area contributed by atoms with Crippen LogP contribution in [0.15, 0.2) is 24.3 Å². The third-order valence-corrected chi connectivity index (χ3v) is 4.14. The number of anilines is 2. The summed E-state index contributed by atoms with van der Waals surface area (Å²) in [5.74, 6) is 1.11. The van der Waals surface area contributed by atoms with Crippen LogP contribution < -0.4 is 15.4 Å². The van der Waals surface area contributed by atoms with E-state index in [0.29, 0.717) is 36.8 Å². The van der Waals surface area contributed by atoms with Crippen LogP contribution in [-0.4, -0.2) is 46.5 Å². The second-order valence-corrected chi connectivity index (χ2v) is 7.49. The van der Waals surface area contributed by atoms with Gasteiger partial charge in [0.1, 0.15) is 11.4 Å². The number of amides is 3. The molecule has 150 valence electrons. The second kappa shape index (κ2) is 7.79. The van der Waals surface area contributed by atoms with Crippen LogP contribution in [0, 0.1) is 0 Å². The minimum absolute atomic E-state index is 0.358. The number of nitrogens with one attached hydrogen (secondary N) is 3. The maximum absolute atomic E-state index is 12.3. The number of fused-ring (bicyclic) bond motifs is 1. The van der Waals surface area contributed by atoms with Crippen molar-refractivity contribution in [3.8, 4) is 5.75 Å². The summed E-state index contributed by atoms with van der Waals surface area (Å²) in [5.41, 5.74) is 1.74. The SMILES string of the molecule is COc1cccc(NC(=O)Nc2n[nH]c3c2CCN(C(=O)OC(C)(C)C)C3)c1. The van der Waals surface area contributed by atoms with Crippen LogP contribution in [0.2, 0.25) is 0 Å². The molecule has 0 saturated heterocycles. The van der Waals surface area contributed by atoms with Crippen molar-refractivity contribution in [2.45, 2.75) is 39.3 Å². The molecule has 0 saturated carbocycles. The van der Waals surface area contributed by atoms with E-state index in [1.54, 1.807) is 36.3 Å². The highest BCUT2D eigenvalue weighted by Crippen LogP contribution is 2.25. The Morgan fingerprint density at radius 1 is 1.25 bits per heavy atom. The average molecular weight is 387 g/mol. The molecule has 0 atom stereocenters. The van der Waals surface area contributed by atoms with E-state index in [0.717, 1.165) is 11.3 Å². The fourth-order valence-electron chi connectivity index (χ4n) is 2.87. The Morgan fingerprint density at radius 2 is 2.04 bits per heavy atom. The van der Waals surface area contributed by atoms with Crippen LogP contribution in [0.25, 0.3) is 0 Å². The number of hydrogen-bond acceptors (Lipinski definition) is 5. The van der Waals surface area contributed by atoms with Gasteiger partial charge in [0.2, 0.25) is 0 Å². The highest BCUT2D eigenvalue weighted by Gasteiger charge is 2.28. The van der Waals surface area contributed by atoms with E-state index in [1.165, 1.54) is 0 Å². The number of ether oxygens (including phenoxy) is 2. The summed E-state index contributed by atoms with van der Waals surface area (Å²) in [6, 6.07) is 6.66. The minimum atomic E-state index is -0.545. The van der Waals surface area contributed by atoms with E-state index < -0.39 is 11.6 Å². The smallest absolute Gasteiger partial charge is 0.410 e. The van der Waals surface area contributed by atoms with Gasteiger partial charge in [-0.2, -0.15) is 5.10 Å². The zero-order valence-corrected chi connectivity index (χ0v) is 16.5. The van der Waals surface area contributed by atoms with Gasteiger partial charge in [-0.15, -0.1) is 0 Å². The first-order valence-corrected chi connectivity index (χ1v) is 9.01. The summed E-state index contributed by atoms with van der Waals surface area (Å²) >= 11 is 0. The molecular formula is C19H25N5O4. The quantitative estimate of drug-likeness (QED) is 0.748. The number of H-pyrrole nitrogens is 1. The van der Waals surface area contributed by atoms with Gasteiger partial charge < -0.3 is 19.7 Å². The lowest BCUT2D eigenvalue weighted by molar-refractivity contribution is 0.0221. The van der Waals surface area contributed by atoms with Crippen molar-refractivity contribution in [2.24, 2.45) is 0 Å². The number of carbonyl (C=O) groups is 2. The van der Waals surface area contributed by atoms with Crippen molar-refractivity contribution in [1.82, 2.24) is 15.1 Å². The fraction of sp³-hybridized carbons (Fsp3) is 0.421. The van der Waals surface area contributed by atoms with Crippen molar-refractivity contribution >= 4 is 23.6 Å². The van der Waals surface area contributed by atoms with Crippen molar-refractivity contribution < 1.29 is 19.1 Å². The van der Waals surface area contributed by atoms with Crippen molar-refractivity contribution in [2.75, 3.05) is 24.3 Å². The molecule has 0 radical (unpaired) electrons. The molecule has 1 aliphatic rings. The Bertz CT molecular complexity index is 871. The number of aromatic nitrogens is 2. The Balaban J connectivity index is 1.62. The van der Waals surface area contributed by atoms with E-state index in [2.05, 4.69) is 20.8 Å².